The molecule has 1 aromatic carbocycles. The summed E-state index contributed by atoms with van der Waals surface area (Å²) >= 11 is 0. The molecule has 0 saturated heterocycles. The number of carbonyl (C=O) groups is 3. The molecule has 0 spiro atoms. The van der Waals surface area contributed by atoms with Crippen LogP contribution >= 0.6 is 0 Å². The van der Waals surface area contributed by atoms with Crippen molar-refractivity contribution in [2.24, 2.45) is 0 Å². The molecular weight excluding hydrogens is 298 g/mol. The van der Waals surface area contributed by atoms with Gasteiger partial charge < -0.3 is 15.1 Å². The second-order valence-corrected chi connectivity index (χ2v) is 5.39. The average Bonchev–Trinajstić information content (AvgIpc) is 2.86. The van der Waals surface area contributed by atoms with Gasteiger partial charge in [0, 0.05) is 6.54 Å². The van der Waals surface area contributed by atoms with Gasteiger partial charge in [0.05, 0.1) is 17.2 Å². The quantitative estimate of drug-likeness (QED) is 0.778. The Kier molecular flexibility index (Phi) is 4.54. The van der Waals surface area contributed by atoms with Crippen LogP contribution in [0.4, 0.5) is 0 Å². The van der Waals surface area contributed by atoms with Crippen molar-refractivity contribution in [1.82, 2.24) is 4.90 Å². The summed E-state index contributed by atoms with van der Waals surface area (Å²) in [6, 6.07) is 8.62. The van der Waals surface area contributed by atoms with Crippen LogP contribution in [0.1, 0.15) is 31.7 Å². The molecule has 6 nitrogen and oxygen atoms in total. The van der Waals surface area contributed by atoms with E-state index in [9.17, 15) is 24.6 Å². The van der Waals surface area contributed by atoms with Gasteiger partial charge in [-0.05, 0) is 18.9 Å². The number of benzene rings is 1. The van der Waals surface area contributed by atoms with Gasteiger partial charge in [0.2, 0.25) is 0 Å². The number of nitrogens with zero attached hydrogens (tertiary/aromatic N) is 1. The van der Waals surface area contributed by atoms with Gasteiger partial charge in [-0.3, -0.25) is 4.79 Å². The molecule has 1 aliphatic heterocycles. The number of carboxylic acid groups (broad SMARTS) is 2. The van der Waals surface area contributed by atoms with Gasteiger partial charge in [-0.15, -0.1) is 0 Å². The Morgan fingerprint density at radius 1 is 1.22 bits per heavy atom. The van der Waals surface area contributed by atoms with Crippen molar-refractivity contribution in [3.8, 4) is 0 Å². The van der Waals surface area contributed by atoms with E-state index in [4.69, 9.17) is 0 Å². The van der Waals surface area contributed by atoms with Crippen molar-refractivity contribution in [2.75, 3.05) is 6.54 Å². The largest absolute Gasteiger partial charge is 0.479 e. The van der Waals surface area contributed by atoms with E-state index in [1.54, 1.807) is 44.2 Å². The first-order chi connectivity index (χ1) is 10.9. The zero-order chi connectivity index (χ0) is 17.2. The maximum Gasteiger partial charge on any atom is 0.334 e. The molecular formula is C17H19NO5. The number of hydrogen-bond donors (Lipinski definition) is 2. The van der Waals surface area contributed by atoms with Crippen LogP contribution in [0.15, 0.2) is 41.6 Å². The molecule has 6 heteroatoms. The number of aliphatic carboxylic acids is 2. The fourth-order valence-electron chi connectivity index (χ4n) is 3.59. The van der Waals surface area contributed by atoms with Crippen LogP contribution < -0.4 is 0 Å². The molecule has 1 aromatic rings. The molecule has 2 unspecified atom stereocenters. The van der Waals surface area contributed by atoms with Gasteiger partial charge in [0.1, 0.15) is 5.54 Å². The first-order valence-electron chi connectivity index (χ1n) is 7.44. The van der Waals surface area contributed by atoms with E-state index in [0.29, 0.717) is 11.8 Å². The Bertz CT molecular complexity index is 667. The fraction of sp³-hybridized carbons (Fsp3) is 0.353. The summed E-state index contributed by atoms with van der Waals surface area (Å²) in [5, 5.41) is 19.6. The van der Waals surface area contributed by atoms with Crippen LogP contribution in [-0.4, -0.2) is 45.4 Å². The first kappa shape index (κ1) is 16.7. The molecule has 2 rings (SSSR count). The lowest BCUT2D eigenvalue weighted by Crippen LogP contribution is -2.54. The third-order valence-corrected chi connectivity index (χ3v) is 4.52. The average molecular weight is 317 g/mol. The minimum atomic E-state index is -1.49. The van der Waals surface area contributed by atoms with Gasteiger partial charge in [0.25, 0.3) is 0 Å². The molecule has 0 radical (unpaired) electrons. The van der Waals surface area contributed by atoms with Crippen molar-refractivity contribution in [1.29, 1.82) is 0 Å². The SMILES string of the molecule is CCN1C(C=O)=C(C(=O)O)C(c2ccccc2)C1(CC)C(=O)O. The van der Waals surface area contributed by atoms with Crippen molar-refractivity contribution in [3.63, 3.8) is 0 Å². The Morgan fingerprint density at radius 3 is 2.22 bits per heavy atom. The summed E-state index contributed by atoms with van der Waals surface area (Å²) in [6.45, 7) is 3.64. The van der Waals surface area contributed by atoms with E-state index in [1.165, 1.54) is 4.90 Å². The number of rotatable bonds is 6. The molecule has 2 N–H and O–H groups in total. The second kappa shape index (κ2) is 6.24. The third kappa shape index (κ3) is 2.30. The molecule has 23 heavy (non-hydrogen) atoms. The zero-order valence-electron chi connectivity index (χ0n) is 13.0. The summed E-state index contributed by atoms with van der Waals surface area (Å²) in [5.74, 6) is -3.31. The monoisotopic (exact) mass is 317 g/mol. The summed E-state index contributed by atoms with van der Waals surface area (Å²) < 4.78 is 0. The molecule has 122 valence electrons. The minimum absolute atomic E-state index is 0.0573. The Labute approximate surface area is 134 Å². The Balaban J connectivity index is 2.83. The van der Waals surface area contributed by atoms with Crippen molar-refractivity contribution < 1.29 is 24.6 Å². The van der Waals surface area contributed by atoms with Crippen LogP contribution in [0, 0.1) is 0 Å². The van der Waals surface area contributed by atoms with Crippen molar-refractivity contribution >= 4 is 18.2 Å². The van der Waals surface area contributed by atoms with Crippen LogP contribution in [0.3, 0.4) is 0 Å². The third-order valence-electron chi connectivity index (χ3n) is 4.52. The molecule has 0 amide bonds. The zero-order valence-corrected chi connectivity index (χ0v) is 13.0. The maximum atomic E-state index is 12.2. The fourth-order valence-corrected chi connectivity index (χ4v) is 3.59. The smallest absolute Gasteiger partial charge is 0.334 e. The van der Waals surface area contributed by atoms with Crippen molar-refractivity contribution in [3.05, 3.63) is 47.2 Å². The van der Waals surface area contributed by atoms with Crippen LogP contribution in [0.5, 0.6) is 0 Å². The van der Waals surface area contributed by atoms with E-state index in [1.807, 2.05) is 0 Å². The second-order valence-electron chi connectivity index (χ2n) is 5.39. The highest BCUT2D eigenvalue weighted by Crippen LogP contribution is 2.49. The van der Waals surface area contributed by atoms with Gasteiger partial charge >= 0.3 is 11.9 Å². The molecule has 1 heterocycles. The van der Waals surface area contributed by atoms with E-state index in [2.05, 4.69) is 0 Å². The molecule has 2 atom stereocenters. The van der Waals surface area contributed by atoms with E-state index in [0.717, 1.165) is 0 Å². The van der Waals surface area contributed by atoms with Gasteiger partial charge in [-0.1, -0.05) is 37.3 Å². The lowest BCUT2D eigenvalue weighted by Gasteiger charge is -2.40. The molecule has 0 saturated carbocycles. The minimum Gasteiger partial charge on any atom is -0.479 e. The lowest BCUT2D eigenvalue weighted by molar-refractivity contribution is -0.150. The molecule has 0 fully saturated rings. The number of carboxylic acids is 2. The lowest BCUT2D eigenvalue weighted by atomic mass is 9.75. The number of hydrogen-bond acceptors (Lipinski definition) is 4. The van der Waals surface area contributed by atoms with Gasteiger partial charge in [-0.25, -0.2) is 9.59 Å². The highest BCUT2D eigenvalue weighted by Gasteiger charge is 2.58. The number of aldehydes is 1. The number of likely N-dealkylation sites (N-methyl/N-ethyl adjacent to an activating group) is 1. The predicted octanol–water partition coefficient (Wildman–Crippen LogP) is 1.88. The van der Waals surface area contributed by atoms with E-state index in [-0.39, 0.29) is 24.2 Å². The highest BCUT2D eigenvalue weighted by atomic mass is 16.4. The Hall–Kier alpha value is -2.63. The first-order valence-corrected chi connectivity index (χ1v) is 7.44. The number of allylic oxidation sites excluding steroid dienone is 1. The van der Waals surface area contributed by atoms with Crippen LogP contribution in [0.25, 0.3) is 0 Å². The molecule has 0 aromatic heterocycles. The highest BCUT2D eigenvalue weighted by molar-refractivity contribution is 6.01. The topological polar surface area (TPSA) is 94.9 Å². The normalized spacial score (nSPS) is 23.9. The Morgan fingerprint density at radius 2 is 1.83 bits per heavy atom. The molecule has 1 aliphatic rings. The summed E-state index contributed by atoms with van der Waals surface area (Å²) in [7, 11) is 0. The summed E-state index contributed by atoms with van der Waals surface area (Å²) in [6.07, 6.45) is 0.618. The maximum absolute atomic E-state index is 12.2. The summed E-state index contributed by atoms with van der Waals surface area (Å²) in [4.78, 5) is 36.9. The van der Waals surface area contributed by atoms with Gasteiger partial charge in [0.15, 0.2) is 6.29 Å². The van der Waals surface area contributed by atoms with E-state index < -0.39 is 23.4 Å². The standard InChI is InChI=1S/C17H19NO5/c1-3-17(16(22)23)14(11-8-6-5-7-9-11)13(15(20)21)12(10-19)18(17)4-2/h5-10,14H,3-4H2,1-2H3,(H,20,21)(H,22,23). The molecule has 0 bridgehead atoms. The predicted molar refractivity (Wildman–Crippen MR) is 82.9 cm³/mol. The van der Waals surface area contributed by atoms with E-state index >= 15 is 0 Å². The van der Waals surface area contributed by atoms with Crippen LogP contribution in [0.2, 0.25) is 0 Å². The summed E-state index contributed by atoms with van der Waals surface area (Å²) in [5.41, 5.74) is -1.13. The van der Waals surface area contributed by atoms with Crippen LogP contribution in [-0.2, 0) is 14.4 Å². The van der Waals surface area contributed by atoms with Gasteiger partial charge in [-0.2, -0.15) is 0 Å². The number of carbonyl (C=O) groups excluding carboxylic acids is 1. The molecule has 0 aliphatic carbocycles. The van der Waals surface area contributed by atoms with Crippen molar-refractivity contribution in [2.45, 2.75) is 31.7 Å².